The van der Waals surface area contributed by atoms with Crippen LogP contribution in [0.4, 0.5) is 41.9 Å². The van der Waals surface area contributed by atoms with Crippen molar-refractivity contribution in [1.29, 1.82) is 0 Å². The minimum Gasteiger partial charge on any atom is -0.334 e. The number of nitro groups is 1. The number of halogens is 4. The van der Waals surface area contributed by atoms with E-state index in [9.17, 15) is 23.3 Å². The molecule has 0 aliphatic rings. The molecule has 0 amide bonds. The van der Waals surface area contributed by atoms with Gasteiger partial charge in [0.15, 0.2) is 0 Å². The number of aromatic nitrogens is 3. The Morgan fingerprint density at radius 2 is 1.76 bits per heavy atom. The second-order valence-electron chi connectivity index (χ2n) is 6.95. The predicted octanol–water partition coefficient (Wildman–Crippen LogP) is 6.40. The Labute approximate surface area is 189 Å². The van der Waals surface area contributed by atoms with Crippen molar-refractivity contribution in [3.8, 4) is 0 Å². The fourth-order valence-corrected chi connectivity index (χ4v) is 3.39. The molecule has 0 aliphatic carbocycles. The van der Waals surface area contributed by atoms with Crippen LogP contribution in [0, 0.1) is 17.0 Å². The lowest BCUT2D eigenvalue weighted by atomic mass is 10.1. The zero-order valence-electron chi connectivity index (χ0n) is 16.8. The van der Waals surface area contributed by atoms with Crippen molar-refractivity contribution in [2.24, 2.45) is 0 Å². The second-order valence-corrected chi connectivity index (χ2v) is 7.36. The lowest BCUT2D eigenvalue weighted by Gasteiger charge is -2.13. The van der Waals surface area contributed by atoms with Gasteiger partial charge in [0, 0.05) is 16.8 Å². The van der Waals surface area contributed by atoms with Crippen molar-refractivity contribution >= 4 is 51.2 Å². The number of pyridine rings is 1. The molecule has 0 atom stereocenters. The standard InChI is InChI=1S/C21H14ClF3N6O2/c1-11-5-6-12-3-2-4-16(17(12)28-11)30-20-18(31(32)33)19(26-10-27-20)29-13-7-8-15(22)14(9-13)21(23,24)25/h2-10H,1H3,(H2,26,27,29,30). The number of anilines is 4. The molecule has 4 rings (SSSR count). The summed E-state index contributed by atoms with van der Waals surface area (Å²) in [6.45, 7) is 1.81. The molecule has 2 N–H and O–H groups in total. The minimum atomic E-state index is -4.70. The van der Waals surface area contributed by atoms with Gasteiger partial charge in [0.2, 0.25) is 11.6 Å². The second kappa shape index (κ2) is 8.51. The van der Waals surface area contributed by atoms with Crippen LogP contribution >= 0.6 is 11.6 Å². The van der Waals surface area contributed by atoms with Gasteiger partial charge in [-0.05, 0) is 37.3 Å². The number of nitrogens with one attached hydrogen (secondary N) is 2. The molecule has 2 aromatic carbocycles. The lowest BCUT2D eigenvalue weighted by Crippen LogP contribution is -2.08. The summed E-state index contributed by atoms with van der Waals surface area (Å²) in [7, 11) is 0. The summed E-state index contributed by atoms with van der Waals surface area (Å²) in [5, 5.41) is 17.6. The fourth-order valence-electron chi connectivity index (χ4n) is 3.16. The van der Waals surface area contributed by atoms with Crippen molar-refractivity contribution in [2.45, 2.75) is 13.1 Å². The number of alkyl halides is 3. The molecule has 168 valence electrons. The molecule has 12 heteroatoms. The van der Waals surface area contributed by atoms with Gasteiger partial charge in [0.05, 0.1) is 26.7 Å². The molecular weight excluding hydrogens is 461 g/mol. The molecule has 0 saturated carbocycles. The molecule has 0 spiro atoms. The number of para-hydroxylation sites is 1. The van der Waals surface area contributed by atoms with E-state index >= 15 is 0 Å². The predicted molar refractivity (Wildman–Crippen MR) is 118 cm³/mol. The van der Waals surface area contributed by atoms with Crippen LogP contribution in [0.1, 0.15) is 11.3 Å². The van der Waals surface area contributed by atoms with Gasteiger partial charge < -0.3 is 10.6 Å². The summed E-state index contributed by atoms with van der Waals surface area (Å²) in [6.07, 6.45) is -3.64. The maximum Gasteiger partial charge on any atom is 0.417 e. The van der Waals surface area contributed by atoms with Crippen LogP contribution in [0.3, 0.4) is 0 Å². The summed E-state index contributed by atoms with van der Waals surface area (Å²) < 4.78 is 39.5. The molecule has 8 nitrogen and oxygen atoms in total. The normalized spacial score (nSPS) is 11.4. The Morgan fingerprint density at radius 3 is 2.45 bits per heavy atom. The Kier molecular flexibility index (Phi) is 5.73. The maximum atomic E-state index is 13.2. The Bertz CT molecular complexity index is 1380. The van der Waals surface area contributed by atoms with Crippen LogP contribution in [-0.2, 0) is 6.18 Å². The number of aryl methyl sites for hydroxylation is 1. The molecule has 0 fully saturated rings. The van der Waals surface area contributed by atoms with Gasteiger partial charge in [-0.25, -0.2) is 9.97 Å². The summed E-state index contributed by atoms with van der Waals surface area (Å²) in [5.41, 5.74) is 0.0794. The SMILES string of the molecule is Cc1ccc2cccc(Nc3ncnc(Nc4ccc(Cl)c(C(F)(F)F)c4)c3[N+](=O)[O-])c2n1. The highest BCUT2D eigenvalue weighted by atomic mass is 35.5. The van der Waals surface area contributed by atoms with Gasteiger partial charge in [-0.3, -0.25) is 15.1 Å². The monoisotopic (exact) mass is 474 g/mol. The summed E-state index contributed by atoms with van der Waals surface area (Å²) in [5.74, 6) is -0.448. The van der Waals surface area contributed by atoms with E-state index in [1.807, 2.05) is 25.1 Å². The van der Waals surface area contributed by atoms with E-state index in [1.54, 1.807) is 12.1 Å². The van der Waals surface area contributed by atoms with Crippen LogP contribution in [0.25, 0.3) is 10.9 Å². The number of rotatable bonds is 5. The average Bonchev–Trinajstić information content (AvgIpc) is 2.74. The average molecular weight is 475 g/mol. The third-order valence-electron chi connectivity index (χ3n) is 4.65. The molecule has 0 radical (unpaired) electrons. The van der Waals surface area contributed by atoms with Gasteiger partial charge in [0.1, 0.15) is 6.33 Å². The lowest BCUT2D eigenvalue weighted by molar-refractivity contribution is -0.383. The molecule has 2 aromatic heterocycles. The summed E-state index contributed by atoms with van der Waals surface area (Å²) >= 11 is 5.64. The van der Waals surface area contributed by atoms with Crippen LogP contribution < -0.4 is 10.6 Å². The van der Waals surface area contributed by atoms with Gasteiger partial charge in [0.25, 0.3) is 0 Å². The van der Waals surface area contributed by atoms with Gasteiger partial charge in [-0.2, -0.15) is 13.2 Å². The Balaban J connectivity index is 1.75. The molecule has 4 aromatic rings. The molecule has 0 aliphatic heterocycles. The third-order valence-corrected chi connectivity index (χ3v) is 4.98. The highest BCUT2D eigenvalue weighted by Crippen LogP contribution is 2.38. The van der Waals surface area contributed by atoms with Crippen LogP contribution in [0.2, 0.25) is 5.02 Å². The Hall–Kier alpha value is -3.99. The summed E-state index contributed by atoms with van der Waals surface area (Å²) in [4.78, 5) is 23.4. The number of hydrogen-bond donors (Lipinski definition) is 2. The van der Waals surface area contributed by atoms with E-state index < -0.39 is 27.4 Å². The van der Waals surface area contributed by atoms with Crippen molar-refractivity contribution in [3.05, 3.63) is 81.3 Å². The van der Waals surface area contributed by atoms with Crippen molar-refractivity contribution in [1.82, 2.24) is 15.0 Å². The number of nitrogens with zero attached hydrogens (tertiary/aromatic N) is 4. The maximum absolute atomic E-state index is 13.2. The molecule has 33 heavy (non-hydrogen) atoms. The first kappa shape index (κ1) is 22.2. The van der Waals surface area contributed by atoms with Crippen molar-refractivity contribution in [3.63, 3.8) is 0 Å². The quantitative estimate of drug-likeness (QED) is 0.254. The fraction of sp³-hybridized carbons (Fsp3) is 0.0952. The van der Waals surface area contributed by atoms with Gasteiger partial charge in [-0.1, -0.05) is 29.8 Å². The van der Waals surface area contributed by atoms with Crippen LogP contribution in [0.15, 0.2) is 54.9 Å². The van der Waals surface area contributed by atoms with E-state index in [4.69, 9.17) is 11.6 Å². The molecule has 0 bridgehead atoms. The van der Waals surface area contributed by atoms with E-state index in [0.717, 1.165) is 29.5 Å². The molecule has 0 saturated heterocycles. The number of hydrogen-bond acceptors (Lipinski definition) is 7. The zero-order chi connectivity index (χ0) is 23.8. The molecule has 2 heterocycles. The minimum absolute atomic E-state index is 0.0815. The smallest absolute Gasteiger partial charge is 0.334 e. The van der Waals surface area contributed by atoms with E-state index in [2.05, 4.69) is 25.6 Å². The number of fused-ring (bicyclic) bond motifs is 1. The highest BCUT2D eigenvalue weighted by Gasteiger charge is 2.33. The first-order valence-electron chi connectivity index (χ1n) is 9.40. The van der Waals surface area contributed by atoms with E-state index in [-0.39, 0.29) is 17.3 Å². The van der Waals surface area contributed by atoms with Crippen molar-refractivity contribution in [2.75, 3.05) is 10.6 Å². The first-order chi connectivity index (χ1) is 15.6. The van der Waals surface area contributed by atoms with Gasteiger partial charge in [-0.15, -0.1) is 0 Å². The first-order valence-corrected chi connectivity index (χ1v) is 9.78. The third kappa shape index (κ3) is 4.62. The Morgan fingerprint density at radius 1 is 1.03 bits per heavy atom. The summed E-state index contributed by atoms with van der Waals surface area (Å²) in [6, 6.07) is 12.0. The van der Waals surface area contributed by atoms with Crippen LogP contribution in [0.5, 0.6) is 0 Å². The van der Waals surface area contributed by atoms with Gasteiger partial charge >= 0.3 is 11.9 Å². The van der Waals surface area contributed by atoms with Crippen LogP contribution in [-0.4, -0.2) is 19.9 Å². The highest BCUT2D eigenvalue weighted by molar-refractivity contribution is 6.31. The largest absolute Gasteiger partial charge is 0.417 e. The molecule has 0 unspecified atom stereocenters. The van der Waals surface area contributed by atoms with Crippen molar-refractivity contribution < 1.29 is 18.1 Å². The van der Waals surface area contributed by atoms with E-state index in [0.29, 0.717) is 11.2 Å². The zero-order valence-corrected chi connectivity index (χ0v) is 17.6. The number of benzene rings is 2. The molecular formula is C21H14ClF3N6O2. The van der Waals surface area contributed by atoms with E-state index in [1.165, 1.54) is 6.07 Å². The topological polar surface area (TPSA) is 106 Å².